The molecule has 1 unspecified atom stereocenters. The Kier molecular flexibility index (Phi) is 4.30. The van der Waals surface area contributed by atoms with E-state index in [9.17, 15) is 19.7 Å². The van der Waals surface area contributed by atoms with Crippen LogP contribution in [-0.2, 0) is 9.59 Å². The molecule has 1 N–H and O–H groups in total. The van der Waals surface area contributed by atoms with Crippen molar-refractivity contribution >= 4 is 23.3 Å². The lowest BCUT2D eigenvalue weighted by atomic mass is 10.0. The Bertz CT molecular complexity index is 628. The van der Waals surface area contributed by atoms with E-state index in [0.29, 0.717) is 5.75 Å². The first kappa shape index (κ1) is 15.7. The number of nitrogens with zero attached hydrogens (tertiary/aromatic N) is 2. The molecule has 8 heteroatoms. The van der Waals surface area contributed by atoms with Gasteiger partial charge in [-0.25, -0.2) is 0 Å². The number of aliphatic carboxylic acids is 1. The molecule has 0 bridgehead atoms. The minimum Gasteiger partial charge on any atom is -0.481 e. The van der Waals surface area contributed by atoms with Crippen molar-refractivity contribution in [2.24, 2.45) is 5.92 Å². The SMILES string of the molecule is CC(C)C1Oc2ccc([N+](=O)[O-])cc2N(CCC(=O)O)C1=O. The molecule has 0 aliphatic carbocycles. The molecule has 1 aromatic rings. The lowest BCUT2D eigenvalue weighted by Crippen LogP contribution is -2.49. The molecule has 0 fully saturated rings. The summed E-state index contributed by atoms with van der Waals surface area (Å²) in [5.41, 5.74) is 0.0517. The molecule has 1 amide bonds. The molecule has 1 aromatic carbocycles. The molecule has 8 nitrogen and oxygen atoms in total. The van der Waals surface area contributed by atoms with E-state index in [2.05, 4.69) is 0 Å². The lowest BCUT2D eigenvalue weighted by molar-refractivity contribution is -0.384. The smallest absolute Gasteiger partial charge is 0.305 e. The highest BCUT2D eigenvalue weighted by Gasteiger charge is 2.37. The van der Waals surface area contributed by atoms with E-state index in [4.69, 9.17) is 9.84 Å². The average molecular weight is 308 g/mol. The Balaban J connectivity index is 2.44. The minimum atomic E-state index is -1.05. The third kappa shape index (κ3) is 3.00. The zero-order valence-electron chi connectivity index (χ0n) is 12.2. The lowest BCUT2D eigenvalue weighted by Gasteiger charge is -2.35. The molecule has 2 rings (SSSR count). The summed E-state index contributed by atoms with van der Waals surface area (Å²) in [6.07, 6.45) is -0.985. The largest absolute Gasteiger partial charge is 0.481 e. The van der Waals surface area contributed by atoms with Crippen molar-refractivity contribution in [1.82, 2.24) is 0 Å². The average Bonchev–Trinajstić information content (AvgIpc) is 2.44. The fourth-order valence-electron chi connectivity index (χ4n) is 2.25. The van der Waals surface area contributed by atoms with Gasteiger partial charge in [0.1, 0.15) is 5.75 Å². The van der Waals surface area contributed by atoms with Crippen LogP contribution in [0.25, 0.3) is 0 Å². The Morgan fingerprint density at radius 1 is 1.50 bits per heavy atom. The molecule has 0 saturated carbocycles. The van der Waals surface area contributed by atoms with E-state index >= 15 is 0 Å². The fourth-order valence-corrected chi connectivity index (χ4v) is 2.25. The molecule has 1 aliphatic heterocycles. The number of anilines is 1. The van der Waals surface area contributed by atoms with Gasteiger partial charge in [0.05, 0.1) is 17.0 Å². The number of carbonyl (C=O) groups excluding carboxylic acids is 1. The van der Waals surface area contributed by atoms with Crippen molar-refractivity contribution in [1.29, 1.82) is 0 Å². The summed E-state index contributed by atoms with van der Waals surface area (Å²) in [6.45, 7) is 3.57. The number of benzene rings is 1. The van der Waals surface area contributed by atoms with Crippen molar-refractivity contribution in [3.05, 3.63) is 28.3 Å². The number of hydrogen-bond donors (Lipinski definition) is 1. The van der Waals surface area contributed by atoms with Gasteiger partial charge in [0.2, 0.25) is 0 Å². The van der Waals surface area contributed by atoms with E-state index in [1.807, 2.05) is 13.8 Å². The van der Waals surface area contributed by atoms with Crippen LogP contribution in [0.2, 0.25) is 0 Å². The van der Waals surface area contributed by atoms with Crippen LogP contribution >= 0.6 is 0 Å². The predicted molar refractivity (Wildman–Crippen MR) is 77.0 cm³/mol. The number of nitro groups is 1. The van der Waals surface area contributed by atoms with E-state index < -0.39 is 17.0 Å². The van der Waals surface area contributed by atoms with E-state index in [1.54, 1.807) is 0 Å². The summed E-state index contributed by atoms with van der Waals surface area (Å²) in [6, 6.07) is 3.95. The first-order valence-corrected chi connectivity index (χ1v) is 6.79. The summed E-state index contributed by atoms with van der Waals surface area (Å²) in [7, 11) is 0. The van der Waals surface area contributed by atoms with E-state index in [1.165, 1.54) is 23.1 Å². The van der Waals surface area contributed by atoms with Gasteiger partial charge in [-0.05, 0) is 12.0 Å². The zero-order chi connectivity index (χ0) is 16.4. The van der Waals surface area contributed by atoms with Crippen molar-refractivity contribution in [3.8, 4) is 5.75 Å². The van der Waals surface area contributed by atoms with Crippen LogP contribution in [-0.4, -0.2) is 34.6 Å². The number of fused-ring (bicyclic) bond motifs is 1. The standard InChI is InChI=1S/C14H16N2O6/c1-8(2)13-14(19)15(6-5-12(17)18)10-7-9(16(20)21)3-4-11(10)22-13/h3-4,7-8,13H,5-6H2,1-2H3,(H,17,18). The van der Waals surface area contributed by atoms with Crippen molar-refractivity contribution in [2.45, 2.75) is 26.4 Å². The molecular weight excluding hydrogens is 292 g/mol. The number of carboxylic acids is 1. The number of rotatable bonds is 5. The van der Waals surface area contributed by atoms with Gasteiger partial charge in [-0.2, -0.15) is 0 Å². The fraction of sp³-hybridized carbons (Fsp3) is 0.429. The van der Waals surface area contributed by atoms with Gasteiger partial charge in [0.15, 0.2) is 6.10 Å². The molecule has 22 heavy (non-hydrogen) atoms. The number of hydrogen-bond acceptors (Lipinski definition) is 5. The summed E-state index contributed by atoms with van der Waals surface area (Å²) >= 11 is 0. The summed E-state index contributed by atoms with van der Waals surface area (Å²) in [5, 5.41) is 19.7. The van der Waals surface area contributed by atoms with Gasteiger partial charge >= 0.3 is 5.97 Å². The number of amides is 1. The molecule has 1 atom stereocenters. The molecule has 1 aliphatic rings. The number of ether oxygens (including phenoxy) is 1. The van der Waals surface area contributed by atoms with Crippen LogP contribution in [0.5, 0.6) is 5.75 Å². The van der Waals surface area contributed by atoms with Gasteiger partial charge in [0.25, 0.3) is 11.6 Å². The maximum atomic E-state index is 12.5. The molecule has 0 saturated heterocycles. The van der Waals surface area contributed by atoms with Gasteiger partial charge < -0.3 is 14.7 Å². The third-order valence-corrected chi connectivity index (χ3v) is 3.36. The first-order chi connectivity index (χ1) is 10.3. The van der Waals surface area contributed by atoms with Crippen molar-refractivity contribution < 1.29 is 24.4 Å². The van der Waals surface area contributed by atoms with Crippen molar-refractivity contribution in [2.75, 3.05) is 11.4 Å². The zero-order valence-corrected chi connectivity index (χ0v) is 12.2. The first-order valence-electron chi connectivity index (χ1n) is 6.79. The highest BCUT2D eigenvalue weighted by atomic mass is 16.6. The second-order valence-electron chi connectivity index (χ2n) is 5.33. The summed E-state index contributed by atoms with van der Waals surface area (Å²) in [4.78, 5) is 34.8. The van der Waals surface area contributed by atoms with Crippen LogP contribution in [0.3, 0.4) is 0 Å². The minimum absolute atomic E-state index is 0.0606. The van der Waals surface area contributed by atoms with Crippen LogP contribution in [0.15, 0.2) is 18.2 Å². The molecule has 0 spiro atoms. The number of carbonyl (C=O) groups is 2. The van der Waals surface area contributed by atoms with Crippen LogP contribution in [0.1, 0.15) is 20.3 Å². The predicted octanol–water partition coefficient (Wildman–Crippen LogP) is 1.82. The van der Waals surface area contributed by atoms with Gasteiger partial charge in [0, 0.05) is 18.7 Å². The quantitative estimate of drug-likeness (QED) is 0.656. The number of carboxylic acid groups (broad SMARTS) is 1. The molecule has 0 radical (unpaired) electrons. The van der Waals surface area contributed by atoms with Crippen LogP contribution < -0.4 is 9.64 Å². The maximum absolute atomic E-state index is 12.5. The van der Waals surface area contributed by atoms with Gasteiger partial charge in [-0.1, -0.05) is 13.8 Å². The summed E-state index contributed by atoms with van der Waals surface area (Å²) in [5.74, 6) is -1.20. The second kappa shape index (κ2) is 6.00. The molecular formula is C14H16N2O6. The monoisotopic (exact) mass is 308 g/mol. The van der Waals surface area contributed by atoms with Crippen molar-refractivity contribution in [3.63, 3.8) is 0 Å². The second-order valence-corrected chi connectivity index (χ2v) is 5.33. The van der Waals surface area contributed by atoms with E-state index in [-0.39, 0.29) is 36.2 Å². The Morgan fingerprint density at radius 2 is 2.18 bits per heavy atom. The highest BCUT2D eigenvalue weighted by molar-refractivity contribution is 6.00. The Hall–Kier alpha value is -2.64. The third-order valence-electron chi connectivity index (χ3n) is 3.36. The normalized spacial score (nSPS) is 17.1. The van der Waals surface area contributed by atoms with Crippen LogP contribution in [0, 0.1) is 16.0 Å². The molecule has 0 aromatic heterocycles. The summed E-state index contributed by atoms with van der Waals surface area (Å²) < 4.78 is 5.62. The highest BCUT2D eigenvalue weighted by Crippen LogP contribution is 2.38. The topological polar surface area (TPSA) is 110 Å². The maximum Gasteiger partial charge on any atom is 0.305 e. The Morgan fingerprint density at radius 3 is 2.73 bits per heavy atom. The molecule has 118 valence electrons. The number of nitro benzene ring substituents is 1. The van der Waals surface area contributed by atoms with Gasteiger partial charge in [-0.3, -0.25) is 19.7 Å². The Labute approximate surface area is 126 Å². The number of non-ortho nitro benzene ring substituents is 1. The van der Waals surface area contributed by atoms with Crippen LogP contribution in [0.4, 0.5) is 11.4 Å². The van der Waals surface area contributed by atoms with E-state index in [0.717, 1.165) is 0 Å². The molecule has 1 heterocycles. The van der Waals surface area contributed by atoms with Gasteiger partial charge in [-0.15, -0.1) is 0 Å².